The number of alkyl halides is 11. The molecule has 0 aromatic carbocycles. The molecule has 1 saturated carbocycles. The van der Waals surface area contributed by atoms with Gasteiger partial charge in [-0.15, -0.1) is 0 Å². The predicted octanol–water partition coefficient (Wildman–Crippen LogP) is 6.21. The minimum absolute atomic E-state index is 0.132. The van der Waals surface area contributed by atoms with Crippen LogP contribution < -0.4 is 0 Å². The third-order valence-corrected chi connectivity index (χ3v) is 4.86. The number of ether oxygens (including phenoxy) is 2. The van der Waals surface area contributed by atoms with Crippen molar-refractivity contribution in [2.24, 2.45) is 5.92 Å². The van der Waals surface area contributed by atoms with Crippen molar-refractivity contribution >= 4 is 14.0 Å². The molecular weight excluding hydrogens is 517 g/mol. The maximum Gasteiger partial charge on any atom is 0.449 e. The fourth-order valence-corrected chi connectivity index (χ4v) is 3.32. The van der Waals surface area contributed by atoms with E-state index in [0.29, 0.717) is 6.42 Å². The van der Waals surface area contributed by atoms with Gasteiger partial charge in [-0.25, -0.2) is 0 Å². The normalized spacial score (nSPS) is 28.2. The first-order chi connectivity index (χ1) is 14.8. The number of hydrogen-bond acceptors (Lipinski definition) is 4. The van der Waals surface area contributed by atoms with Gasteiger partial charge in [0.15, 0.2) is 0 Å². The zero-order valence-electron chi connectivity index (χ0n) is 18.5. The Kier molecular flexibility index (Phi) is 8.51. The molecule has 1 heterocycles. The van der Waals surface area contributed by atoms with Crippen LogP contribution in [0.15, 0.2) is 0 Å². The topological polar surface area (TPSA) is 55.8 Å². The molecule has 0 bridgehead atoms. The lowest BCUT2D eigenvalue weighted by Crippen LogP contribution is -2.66. The van der Waals surface area contributed by atoms with Gasteiger partial charge >= 0.3 is 41.8 Å². The van der Waals surface area contributed by atoms with E-state index in [0.717, 1.165) is 0 Å². The second-order valence-corrected chi connectivity index (χ2v) is 15.7. The monoisotopic (exact) mass is 542 g/mol. The Balaban J connectivity index is 0.00000104. The van der Waals surface area contributed by atoms with Gasteiger partial charge in [-0.1, -0.05) is 45.5 Å². The molecule has 1 N–H and O–H groups in total. The predicted molar refractivity (Wildman–Crippen MR) is 97.5 cm³/mol. The summed E-state index contributed by atoms with van der Waals surface area (Å²) in [7, 11) is -0.611. The van der Waals surface area contributed by atoms with Crippen LogP contribution in [0.25, 0.3) is 0 Å². The van der Waals surface area contributed by atoms with Crippen LogP contribution in [0.4, 0.5) is 48.3 Å². The lowest BCUT2D eigenvalue weighted by molar-refractivity contribution is -0.457. The van der Waals surface area contributed by atoms with Gasteiger partial charge < -0.3 is 14.6 Å². The van der Waals surface area contributed by atoms with Crippen LogP contribution in [0.1, 0.15) is 32.1 Å². The molecule has 4 nitrogen and oxygen atoms in total. The van der Waals surface area contributed by atoms with Gasteiger partial charge in [0, 0.05) is 8.07 Å². The van der Waals surface area contributed by atoms with Gasteiger partial charge in [-0.05, 0) is 12.8 Å². The van der Waals surface area contributed by atoms with E-state index in [1.165, 1.54) is 0 Å². The van der Waals surface area contributed by atoms with Crippen LogP contribution in [-0.2, 0) is 14.3 Å². The minimum Gasteiger partial charge on any atom is -0.452 e. The van der Waals surface area contributed by atoms with E-state index in [4.69, 9.17) is 5.11 Å². The summed E-state index contributed by atoms with van der Waals surface area (Å²) in [6.45, 7) is 9.31. The average Bonchev–Trinajstić information content (AvgIpc) is 2.79. The van der Waals surface area contributed by atoms with E-state index >= 15 is 0 Å². The number of halogens is 11. The molecule has 16 heteroatoms. The lowest BCUT2D eigenvalue weighted by Gasteiger charge is -2.37. The van der Waals surface area contributed by atoms with Crippen molar-refractivity contribution in [3.05, 3.63) is 0 Å². The van der Waals surface area contributed by atoms with Gasteiger partial charge in [0.05, 0.1) is 5.92 Å². The van der Waals surface area contributed by atoms with Crippen LogP contribution >= 0.6 is 0 Å². The summed E-state index contributed by atoms with van der Waals surface area (Å²) in [6, 6.07) is 0. The molecule has 2 atom stereocenters. The summed E-state index contributed by atoms with van der Waals surface area (Å²) >= 11 is 0. The van der Waals surface area contributed by atoms with Crippen molar-refractivity contribution < 1.29 is 67.7 Å². The highest BCUT2D eigenvalue weighted by Crippen LogP contribution is 2.64. The van der Waals surface area contributed by atoms with Crippen molar-refractivity contribution in [1.82, 2.24) is 0 Å². The highest BCUT2D eigenvalue weighted by atomic mass is 28.3. The number of rotatable bonds is 2. The molecule has 1 aliphatic heterocycles. The van der Waals surface area contributed by atoms with Crippen LogP contribution in [0.5, 0.6) is 0 Å². The number of carbonyl (C=O) groups excluding carboxylic acids is 1. The Morgan fingerprint density at radius 2 is 1.24 bits per heavy atom. The third kappa shape index (κ3) is 5.79. The number of esters is 1. The quantitative estimate of drug-likeness (QED) is 0.256. The molecule has 0 amide bonds. The van der Waals surface area contributed by atoms with E-state index in [1.54, 1.807) is 0 Å². The SMILES string of the molecule is C[Si](C)(C)C.O=C(OC1C(F)(F)C(O)(C(F)(F)F)OC1(C(F)(F)F)C(F)(F)F)C1CCCCC1. The molecule has 0 aromatic rings. The fourth-order valence-electron chi connectivity index (χ4n) is 3.32. The fraction of sp³-hybridized carbons (Fsp3) is 0.944. The number of carbonyl (C=O) groups is 1. The van der Waals surface area contributed by atoms with Crippen molar-refractivity contribution in [3.63, 3.8) is 0 Å². The van der Waals surface area contributed by atoms with E-state index in [-0.39, 0.29) is 25.7 Å². The summed E-state index contributed by atoms with van der Waals surface area (Å²) in [5.41, 5.74) is -6.32. The second kappa shape index (κ2) is 9.37. The van der Waals surface area contributed by atoms with Crippen molar-refractivity contribution in [2.75, 3.05) is 0 Å². The summed E-state index contributed by atoms with van der Waals surface area (Å²) in [4.78, 5) is 11.9. The summed E-state index contributed by atoms with van der Waals surface area (Å²) in [5.74, 6) is -15.9. The van der Waals surface area contributed by atoms with Crippen LogP contribution in [0.2, 0.25) is 26.2 Å². The molecule has 2 unspecified atom stereocenters. The van der Waals surface area contributed by atoms with Gasteiger partial charge in [0.2, 0.25) is 6.10 Å². The van der Waals surface area contributed by atoms with E-state index in [1.807, 2.05) is 0 Å². The zero-order chi connectivity index (χ0) is 27.2. The standard InChI is InChI=1S/C14H13F11O4.C4H12Si/c15-10(16)8(28-7(26)6-4-2-1-3-5-6)9(12(17,18)19,13(20,21)22)29-11(10,27)14(23,24)25;1-5(2,3)4/h6,8,27H,1-5H2;1-4H3. The molecule has 2 fully saturated rings. The second-order valence-electron chi connectivity index (χ2n) is 9.75. The Morgan fingerprint density at radius 1 is 0.853 bits per heavy atom. The molecule has 1 aliphatic carbocycles. The molecule has 0 radical (unpaired) electrons. The summed E-state index contributed by atoms with van der Waals surface area (Å²) in [6.07, 6.45) is -24.8. The first-order valence-electron chi connectivity index (χ1n) is 10.0. The first kappa shape index (κ1) is 30.9. The minimum atomic E-state index is -6.97. The van der Waals surface area contributed by atoms with E-state index in [9.17, 15) is 53.1 Å². The summed E-state index contributed by atoms with van der Waals surface area (Å²) < 4.78 is 153. The molecule has 34 heavy (non-hydrogen) atoms. The lowest BCUT2D eigenvalue weighted by atomic mass is 9.88. The molecule has 0 aromatic heterocycles. The number of aliphatic hydroxyl groups is 1. The third-order valence-electron chi connectivity index (χ3n) is 4.86. The Bertz CT molecular complexity index is 701. The maximum absolute atomic E-state index is 14.3. The van der Waals surface area contributed by atoms with Crippen molar-refractivity contribution in [3.8, 4) is 0 Å². The molecule has 2 rings (SSSR count). The molecular formula is C18H25F11O4Si. The van der Waals surface area contributed by atoms with Crippen LogP contribution in [0.3, 0.4) is 0 Å². The number of hydrogen-bond donors (Lipinski definition) is 1. The summed E-state index contributed by atoms with van der Waals surface area (Å²) in [5, 5.41) is 9.12. The Hall–Kier alpha value is -1.16. The van der Waals surface area contributed by atoms with Crippen molar-refractivity contribution in [1.29, 1.82) is 0 Å². The van der Waals surface area contributed by atoms with Crippen LogP contribution in [0, 0.1) is 5.92 Å². The Morgan fingerprint density at radius 3 is 1.56 bits per heavy atom. The zero-order valence-corrected chi connectivity index (χ0v) is 19.5. The first-order valence-corrected chi connectivity index (χ1v) is 14.0. The van der Waals surface area contributed by atoms with Crippen molar-refractivity contribution in [2.45, 2.75) is 100 Å². The molecule has 2 aliphatic rings. The largest absolute Gasteiger partial charge is 0.452 e. The smallest absolute Gasteiger partial charge is 0.449 e. The van der Waals surface area contributed by atoms with Gasteiger partial charge in [-0.2, -0.15) is 48.3 Å². The van der Waals surface area contributed by atoms with E-state index in [2.05, 4.69) is 35.7 Å². The average molecular weight is 542 g/mol. The highest BCUT2D eigenvalue weighted by molar-refractivity contribution is 6.74. The highest BCUT2D eigenvalue weighted by Gasteiger charge is 2.95. The van der Waals surface area contributed by atoms with Gasteiger partial charge in [0.25, 0.3) is 0 Å². The molecule has 1 saturated heterocycles. The van der Waals surface area contributed by atoms with Gasteiger partial charge in [-0.3, -0.25) is 4.79 Å². The molecule has 202 valence electrons. The van der Waals surface area contributed by atoms with E-state index < -0.39 is 61.9 Å². The molecule has 0 spiro atoms. The Labute approximate surface area is 188 Å². The van der Waals surface area contributed by atoms with Crippen LogP contribution in [-0.4, -0.2) is 61.1 Å². The maximum atomic E-state index is 14.3. The van der Waals surface area contributed by atoms with Gasteiger partial charge in [0.1, 0.15) is 0 Å².